The Morgan fingerprint density at radius 2 is 2.16 bits per heavy atom. The highest BCUT2D eigenvalue weighted by atomic mass is 32.1. The smallest absolute Gasteiger partial charge is 0.357 e. The van der Waals surface area contributed by atoms with Gasteiger partial charge >= 0.3 is 5.97 Å². The number of esters is 1. The molecule has 0 aliphatic carbocycles. The lowest BCUT2D eigenvalue weighted by Crippen LogP contribution is -2.30. The van der Waals surface area contributed by atoms with Crippen molar-refractivity contribution in [3.8, 4) is 0 Å². The maximum atomic E-state index is 11.5. The Morgan fingerprint density at radius 3 is 2.68 bits per heavy atom. The van der Waals surface area contributed by atoms with Crippen molar-refractivity contribution >= 4 is 22.4 Å². The summed E-state index contributed by atoms with van der Waals surface area (Å²) in [6.45, 7) is 9.40. The van der Waals surface area contributed by atoms with E-state index < -0.39 is 5.97 Å². The van der Waals surface area contributed by atoms with Crippen LogP contribution in [-0.4, -0.2) is 37.3 Å². The predicted molar refractivity (Wildman–Crippen MR) is 76.9 cm³/mol. The molecule has 19 heavy (non-hydrogen) atoms. The lowest BCUT2D eigenvalue weighted by atomic mass is 10.1. The van der Waals surface area contributed by atoms with Crippen LogP contribution in [0.3, 0.4) is 0 Å². The lowest BCUT2D eigenvalue weighted by molar-refractivity contribution is 0.0594. The van der Waals surface area contributed by atoms with Crippen molar-refractivity contribution in [2.45, 2.75) is 33.7 Å². The third-order valence-corrected chi connectivity index (χ3v) is 3.69. The number of nitrogens with one attached hydrogen (secondary N) is 1. The fourth-order valence-corrected chi connectivity index (χ4v) is 2.41. The van der Waals surface area contributed by atoms with E-state index in [1.807, 2.05) is 13.8 Å². The number of ether oxygens (including phenoxy) is 2. The van der Waals surface area contributed by atoms with Crippen molar-refractivity contribution in [2.24, 2.45) is 5.92 Å². The summed E-state index contributed by atoms with van der Waals surface area (Å²) in [6.07, 6.45) is 0. The number of nitrogens with zero attached hydrogens (tertiary/aromatic N) is 1. The molecule has 6 heteroatoms. The highest BCUT2D eigenvalue weighted by Gasteiger charge is 2.19. The van der Waals surface area contributed by atoms with Gasteiger partial charge in [-0.1, -0.05) is 13.8 Å². The highest BCUT2D eigenvalue weighted by molar-refractivity contribution is 7.15. The fourth-order valence-electron chi connectivity index (χ4n) is 1.55. The molecule has 1 atom stereocenters. The summed E-state index contributed by atoms with van der Waals surface area (Å²) in [5.74, 6) is 0.0186. The van der Waals surface area contributed by atoms with Crippen LogP contribution in [0.5, 0.6) is 0 Å². The van der Waals surface area contributed by atoms with E-state index in [2.05, 4.69) is 24.1 Å². The third kappa shape index (κ3) is 4.47. The summed E-state index contributed by atoms with van der Waals surface area (Å²) in [4.78, 5) is 16.7. The number of carbonyl (C=O) groups excluding carboxylic acids is 1. The lowest BCUT2D eigenvalue weighted by Gasteiger charge is -2.21. The van der Waals surface area contributed by atoms with Gasteiger partial charge in [0.2, 0.25) is 0 Å². The number of aryl methyl sites for hydroxylation is 1. The molecule has 0 bridgehead atoms. The Kier molecular flexibility index (Phi) is 6.24. The zero-order valence-corrected chi connectivity index (χ0v) is 13.0. The quantitative estimate of drug-likeness (QED) is 0.781. The Morgan fingerprint density at radius 1 is 1.47 bits per heavy atom. The van der Waals surface area contributed by atoms with Gasteiger partial charge in [0, 0.05) is 11.5 Å². The molecule has 0 spiro atoms. The second-order valence-corrected chi connectivity index (χ2v) is 5.77. The van der Waals surface area contributed by atoms with E-state index in [0.29, 0.717) is 24.8 Å². The molecule has 1 heterocycles. The SMILES string of the molecule is CCOCC(Nc1nc(C(=O)OC)c(C)s1)C(C)C. The van der Waals surface area contributed by atoms with Crippen LogP contribution in [0.15, 0.2) is 0 Å². The summed E-state index contributed by atoms with van der Waals surface area (Å²) in [5, 5.41) is 4.06. The molecule has 1 N–H and O–H groups in total. The molecule has 108 valence electrons. The number of hydrogen-bond acceptors (Lipinski definition) is 6. The molecule has 1 unspecified atom stereocenters. The number of methoxy groups -OCH3 is 1. The van der Waals surface area contributed by atoms with Crippen molar-refractivity contribution in [3.05, 3.63) is 10.6 Å². The van der Waals surface area contributed by atoms with E-state index in [1.54, 1.807) is 0 Å². The van der Waals surface area contributed by atoms with E-state index in [4.69, 9.17) is 9.47 Å². The van der Waals surface area contributed by atoms with E-state index in [0.717, 1.165) is 10.0 Å². The van der Waals surface area contributed by atoms with Crippen LogP contribution < -0.4 is 5.32 Å². The summed E-state index contributed by atoms with van der Waals surface area (Å²) in [6, 6.07) is 0.177. The zero-order chi connectivity index (χ0) is 14.4. The highest BCUT2D eigenvalue weighted by Crippen LogP contribution is 2.24. The van der Waals surface area contributed by atoms with E-state index >= 15 is 0 Å². The molecule has 1 aromatic heterocycles. The molecule has 5 nitrogen and oxygen atoms in total. The molecule has 1 aromatic rings. The predicted octanol–water partition coefficient (Wildman–Crippen LogP) is 2.71. The number of rotatable bonds is 7. The van der Waals surface area contributed by atoms with Crippen LogP contribution in [0.4, 0.5) is 5.13 Å². The van der Waals surface area contributed by atoms with Crippen LogP contribution in [0.2, 0.25) is 0 Å². The fraction of sp³-hybridized carbons (Fsp3) is 0.692. The molecule has 0 aliphatic heterocycles. The van der Waals surface area contributed by atoms with E-state index in [-0.39, 0.29) is 6.04 Å². The molecule has 0 amide bonds. The van der Waals surface area contributed by atoms with Gasteiger partial charge in [-0.3, -0.25) is 0 Å². The first-order valence-corrected chi connectivity index (χ1v) is 7.21. The Hall–Kier alpha value is -1.14. The van der Waals surface area contributed by atoms with Crippen molar-refractivity contribution in [2.75, 3.05) is 25.6 Å². The Bertz CT molecular complexity index is 418. The molecule has 0 saturated heterocycles. The second-order valence-electron chi connectivity index (χ2n) is 4.57. The van der Waals surface area contributed by atoms with Gasteiger partial charge in [-0.2, -0.15) is 0 Å². The van der Waals surface area contributed by atoms with Gasteiger partial charge in [0.05, 0.1) is 19.8 Å². The number of aromatic nitrogens is 1. The molecule has 0 fully saturated rings. The first kappa shape index (κ1) is 15.9. The van der Waals surface area contributed by atoms with E-state index in [1.165, 1.54) is 18.4 Å². The second kappa shape index (κ2) is 7.45. The number of carbonyl (C=O) groups is 1. The van der Waals surface area contributed by atoms with E-state index in [9.17, 15) is 4.79 Å². The summed E-state index contributed by atoms with van der Waals surface area (Å²) < 4.78 is 10.2. The first-order valence-electron chi connectivity index (χ1n) is 6.39. The molecule has 0 saturated carbocycles. The molecule has 0 radical (unpaired) electrons. The zero-order valence-electron chi connectivity index (χ0n) is 12.1. The third-order valence-electron chi connectivity index (χ3n) is 2.79. The Labute approximate surface area is 118 Å². The van der Waals surface area contributed by atoms with Gasteiger partial charge in [-0.25, -0.2) is 9.78 Å². The van der Waals surface area contributed by atoms with Crippen LogP contribution in [0.25, 0.3) is 0 Å². The van der Waals surface area contributed by atoms with Crippen molar-refractivity contribution in [3.63, 3.8) is 0 Å². The van der Waals surface area contributed by atoms with Crippen molar-refractivity contribution in [1.82, 2.24) is 4.98 Å². The van der Waals surface area contributed by atoms with Crippen molar-refractivity contribution in [1.29, 1.82) is 0 Å². The van der Waals surface area contributed by atoms with Gasteiger partial charge in [0.25, 0.3) is 0 Å². The minimum atomic E-state index is -0.396. The van der Waals surface area contributed by atoms with Gasteiger partial charge < -0.3 is 14.8 Å². The van der Waals surface area contributed by atoms with Crippen LogP contribution >= 0.6 is 11.3 Å². The maximum absolute atomic E-state index is 11.5. The average molecular weight is 286 g/mol. The van der Waals surface area contributed by atoms with Crippen LogP contribution in [0, 0.1) is 12.8 Å². The summed E-state index contributed by atoms with van der Waals surface area (Å²) in [5.41, 5.74) is 0.383. The molecular formula is C13H22N2O3S. The van der Waals surface area contributed by atoms with Gasteiger partial charge in [0.1, 0.15) is 0 Å². The van der Waals surface area contributed by atoms with Crippen LogP contribution in [-0.2, 0) is 9.47 Å². The molecule has 0 aromatic carbocycles. The summed E-state index contributed by atoms with van der Waals surface area (Å²) in [7, 11) is 1.36. The minimum absolute atomic E-state index is 0.177. The number of anilines is 1. The molecular weight excluding hydrogens is 264 g/mol. The summed E-state index contributed by atoms with van der Waals surface area (Å²) >= 11 is 1.46. The van der Waals surface area contributed by atoms with Crippen LogP contribution in [0.1, 0.15) is 36.1 Å². The minimum Gasteiger partial charge on any atom is -0.464 e. The molecule has 0 aliphatic rings. The topological polar surface area (TPSA) is 60.5 Å². The number of thiazole rings is 1. The maximum Gasteiger partial charge on any atom is 0.357 e. The average Bonchev–Trinajstić information content (AvgIpc) is 2.74. The largest absolute Gasteiger partial charge is 0.464 e. The van der Waals surface area contributed by atoms with Gasteiger partial charge in [-0.05, 0) is 19.8 Å². The van der Waals surface area contributed by atoms with Gasteiger partial charge in [-0.15, -0.1) is 11.3 Å². The number of hydrogen-bond donors (Lipinski definition) is 1. The normalized spacial score (nSPS) is 12.5. The van der Waals surface area contributed by atoms with Gasteiger partial charge in [0.15, 0.2) is 10.8 Å². The standard InChI is InChI=1S/C13H22N2O3S/c1-6-18-7-10(8(2)3)14-13-15-11(9(4)19-13)12(16)17-5/h8,10H,6-7H2,1-5H3,(H,14,15). The molecule has 1 rings (SSSR count). The Balaban J connectivity index is 2.77. The van der Waals surface area contributed by atoms with Crippen molar-refractivity contribution < 1.29 is 14.3 Å². The monoisotopic (exact) mass is 286 g/mol. The first-order chi connectivity index (χ1) is 8.99.